The molecule has 0 aliphatic carbocycles. The van der Waals surface area contributed by atoms with Gasteiger partial charge in [0.15, 0.2) is 0 Å². The summed E-state index contributed by atoms with van der Waals surface area (Å²) in [6.07, 6.45) is 2.52. The SMILES string of the molecule is CCN(C)C=Nc1cc(C)c(Cc2cc(Cl)cc(Cl)c2)cc1Cl. The van der Waals surface area contributed by atoms with Gasteiger partial charge in [-0.3, -0.25) is 0 Å². The molecule has 0 atom stereocenters. The van der Waals surface area contributed by atoms with E-state index < -0.39 is 0 Å². The molecule has 0 saturated heterocycles. The van der Waals surface area contributed by atoms with Crippen LogP contribution in [0.3, 0.4) is 0 Å². The third kappa shape index (κ3) is 5.13. The second-order valence-electron chi connectivity index (χ2n) is 5.50. The minimum absolute atomic E-state index is 0.638. The Morgan fingerprint density at radius 1 is 1.04 bits per heavy atom. The number of aliphatic imine (C=N–C) groups is 1. The third-order valence-electron chi connectivity index (χ3n) is 3.62. The Bertz CT molecular complexity index is 706. The molecule has 0 bridgehead atoms. The van der Waals surface area contributed by atoms with Crippen LogP contribution in [0.5, 0.6) is 0 Å². The number of rotatable bonds is 5. The van der Waals surface area contributed by atoms with Gasteiger partial charge in [0.05, 0.1) is 17.0 Å². The van der Waals surface area contributed by atoms with E-state index >= 15 is 0 Å². The maximum Gasteiger partial charge on any atom is 0.0910 e. The van der Waals surface area contributed by atoms with E-state index in [1.165, 1.54) is 0 Å². The fourth-order valence-electron chi connectivity index (χ4n) is 2.17. The maximum atomic E-state index is 6.37. The van der Waals surface area contributed by atoms with Crippen molar-refractivity contribution >= 4 is 46.8 Å². The van der Waals surface area contributed by atoms with Gasteiger partial charge >= 0.3 is 0 Å². The second-order valence-corrected chi connectivity index (χ2v) is 6.78. The van der Waals surface area contributed by atoms with Crippen molar-refractivity contribution in [3.05, 3.63) is 62.1 Å². The summed E-state index contributed by atoms with van der Waals surface area (Å²) in [6.45, 7) is 5.02. The van der Waals surface area contributed by atoms with E-state index in [0.717, 1.165) is 35.3 Å². The van der Waals surface area contributed by atoms with E-state index in [-0.39, 0.29) is 0 Å². The molecule has 2 aromatic carbocycles. The van der Waals surface area contributed by atoms with Gasteiger partial charge in [-0.1, -0.05) is 34.8 Å². The number of hydrogen-bond acceptors (Lipinski definition) is 1. The van der Waals surface area contributed by atoms with E-state index in [2.05, 4.69) is 18.8 Å². The standard InChI is InChI=1S/C18H19Cl3N2/c1-4-23(3)11-22-18-5-12(2)14(9-17(18)21)6-13-7-15(19)10-16(20)8-13/h5,7-11H,4,6H2,1-3H3. The predicted molar refractivity (Wildman–Crippen MR) is 102 cm³/mol. The Balaban J connectivity index is 2.27. The molecule has 23 heavy (non-hydrogen) atoms. The molecule has 2 rings (SSSR count). The normalized spacial score (nSPS) is 11.2. The van der Waals surface area contributed by atoms with Gasteiger partial charge in [-0.05, 0) is 67.3 Å². The van der Waals surface area contributed by atoms with Crippen molar-refractivity contribution in [2.45, 2.75) is 20.3 Å². The van der Waals surface area contributed by atoms with Crippen LogP contribution in [-0.4, -0.2) is 24.8 Å². The average Bonchev–Trinajstić information content (AvgIpc) is 2.47. The zero-order valence-electron chi connectivity index (χ0n) is 13.4. The molecule has 0 spiro atoms. The van der Waals surface area contributed by atoms with Crippen molar-refractivity contribution in [1.82, 2.24) is 4.90 Å². The first-order chi connectivity index (χ1) is 10.9. The molecular formula is C18H19Cl3N2. The molecule has 0 N–H and O–H groups in total. The van der Waals surface area contributed by atoms with Gasteiger partial charge in [0.25, 0.3) is 0 Å². The summed E-state index contributed by atoms with van der Waals surface area (Å²) in [5.74, 6) is 0. The highest BCUT2D eigenvalue weighted by Crippen LogP contribution is 2.30. The minimum Gasteiger partial charge on any atom is -0.366 e. The first-order valence-corrected chi connectivity index (χ1v) is 8.51. The number of benzene rings is 2. The smallest absolute Gasteiger partial charge is 0.0910 e. The minimum atomic E-state index is 0.638. The molecule has 0 fully saturated rings. The molecule has 0 aliphatic rings. The largest absolute Gasteiger partial charge is 0.366 e. The molecule has 122 valence electrons. The van der Waals surface area contributed by atoms with E-state index in [4.69, 9.17) is 34.8 Å². The monoisotopic (exact) mass is 368 g/mol. The summed E-state index contributed by atoms with van der Waals surface area (Å²) < 4.78 is 0. The van der Waals surface area contributed by atoms with Crippen LogP contribution >= 0.6 is 34.8 Å². The van der Waals surface area contributed by atoms with Gasteiger partial charge in [0.2, 0.25) is 0 Å². The van der Waals surface area contributed by atoms with Crippen molar-refractivity contribution in [3.63, 3.8) is 0 Å². The Morgan fingerprint density at radius 2 is 1.70 bits per heavy atom. The zero-order valence-corrected chi connectivity index (χ0v) is 15.7. The summed E-state index contributed by atoms with van der Waals surface area (Å²) >= 11 is 18.5. The highest BCUT2D eigenvalue weighted by molar-refractivity contribution is 6.34. The number of nitrogens with zero attached hydrogens (tertiary/aromatic N) is 2. The molecule has 0 saturated carbocycles. The Labute approximate surface area is 152 Å². The van der Waals surface area contributed by atoms with Crippen LogP contribution < -0.4 is 0 Å². The Kier molecular flexibility index (Phi) is 6.34. The molecule has 0 radical (unpaired) electrons. The van der Waals surface area contributed by atoms with Gasteiger partial charge in [-0.2, -0.15) is 0 Å². The first-order valence-electron chi connectivity index (χ1n) is 7.37. The zero-order chi connectivity index (χ0) is 17.0. The molecule has 0 heterocycles. The summed E-state index contributed by atoms with van der Waals surface area (Å²) in [5.41, 5.74) is 4.11. The average molecular weight is 370 g/mol. The maximum absolute atomic E-state index is 6.37. The fourth-order valence-corrected chi connectivity index (χ4v) is 2.98. The third-order valence-corrected chi connectivity index (χ3v) is 4.35. The lowest BCUT2D eigenvalue weighted by atomic mass is 10.00. The molecule has 0 aromatic heterocycles. The van der Waals surface area contributed by atoms with Crippen LogP contribution in [0.4, 0.5) is 5.69 Å². The van der Waals surface area contributed by atoms with E-state index in [1.807, 2.05) is 36.2 Å². The van der Waals surface area contributed by atoms with E-state index in [1.54, 1.807) is 12.4 Å². The van der Waals surface area contributed by atoms with Gasteiger partial charge < -0.3 is 4.90 Å². The van der Waals surface area contributed by atoms with Crippen molar-refractivity contribution in [2.75, 3.05) is 13.6 Å². The molecule has 2 nitrogen and oxygen atoms in total. The highest BCUT2D eigenvalue weighted by atomic mass is 35.5. The van der Waals surface area contributed by atoms with Crippen LogP contribution in [-0.2, 0) is 6.42 Å². The van der Waals surface area contributed by atoms with Gasteiger partial charge in [0.1, 0.15) is 0 Å². The van der Waals surface area contributed by atoms with Gasteiger partial charge in [-0.25, -0.2) is 4.99 Å². The molecule has 0 unspecified atom stereocenters. The lowest BCUT2D eigenvalue weighted by Gasteiger charge is -2.11. The fraction of sp³-hybridized carbons (Fsp3) is 0.278. The number of halogens is 3. The van der Waals surface area contributed by atoms with Crippen molar-refractivity contribution in [2.24, 2.45) is 4.99 Å². The van der Waals surface area contributed by atoms with Crippen LogP contribution in [0.2, 0.25) is 15.1 Å². The Morgan fingerprint density at radius 3 is 2.30 bits per heavy atom. The van der Waals surface area contributed by atoms with Gasteiger partial charge in [0, 0.05) is 23.6 Å². The van der Waals surface area contributed by atoms with Crippen LogP contribution in [0.15, 0.2) is 35.3 Å². The molecule has 5 heteroatoms. The summed E-state index contributed by atoms with van der Waals surface area (Å²) in [7, 11) is 1.97. The van der Waals surface area contributed by atoms with Gasteiger partial charge in [-0.15, -0.1) is 0 Å². The van der Waals surface area contributed by atoms with Crippen LogP contribution in [0.1, 0.15) is 23.6 Å². The van der Waals surface area contributed by atoms with Crippen molar-refractivity contribution < 1.29 is 0 Å². The lowest BCUT2D eigenvalue weighted by molar-refractivity contribution is 0.552. The van der Waals surface area contributed by atoms with Crippen molar-refractivity contribution in [3.8, 4) is 0 Å². The van der Waals surface area contributed by atoms with E-state index in [9.17, 15) is 0 Å². The topological polar surface area (TPSA) is 15.6 Å². The summed E-state index contributed by atoms with van der Waals surface area (Å²) in [6, 6.07) is 9.54. The van der Waals surface area contributed by atoms with Crippen molar-refractivity contribution in [1.29, 1.82) is 0 Å². The van der Waals surface area contributed by atoms with E-state index in [0.29, 0.717) is 15.1 Å². The molecule has 0 aliphatic heterocycles. The summed E-state index contributed by atoms with van der Waals surface area (Å²) in [4.78, 5) is 6.43. The van der Waals surface area contributed by atoms with Crippen LogP contribution in [0.25, 0.3) is 0 Å². The molecular weight excluding hydrogens is 351 g/mol. The second kappa shape index (κ2) is 8.05. The quantitative estimate of drug-likeness (QED) is 0.455. The van der Waals surface area contributed by atoms with Crippen LogP contribution in [0, 0.1) is 6.92 Å². The lowest BCUT2D eigenvalue weighted by Crippen LogP contribution is -2.14. The number of aryl methyl sites for hydroxylation is 1. The summed E-state index contributed by atoms with van der Waals surface area (Å²) in [5, 5.41) is 1.92. The molecule has 2 aromatic rings. The predicted octanol–water partition coefficient (Wildman–Crippen LogP) is 6.16. The highest BCUT2D eigenvalue weighted by Gasteiger charge is 2.07. The number of hydrogen-bond donors (Lipinski definition) is 0. The molecule has 0 amide bonds. The Hall–Kier alpha value is -1.22. The first kappa shape index (κ1) is 18.1.